The molecule has 4 rings (SSSR count). The van der Waals surface area contributed by atoms with Crippen LogP contribution in [0.4, 0.5) is 0 Å². The van der Waals surface area contributed by atoms with Crippen LogP contribution in [0.25, 0.3) is 0 Å². The van der Waals surface area contributed by atoms with Crippen LogP contribution in [-0.2, 0) is 27.3 Å². The highest BCUT2D eigenvalue weighted by atomic mass is 16.5. The summed E-state index contributed by atoms with van der Waals surface area (Å²) in [7, 11) is 3.67. The second-order valence-electron chi connectivity index (χ2n) is 11.4. The molecule has 4 N–H and O–H groups in total. The molecule has 5 atom stereocenters. The van der Waals surface area contributed by atoms with Gasteiger partial charge < -0.3 is 30.9 Å². The zero-order valence-corrected chi connectivity index (χ0v) is 24.6. The SMILES string of the molecule is CC[C@H](N)C(=O)N[C@@H]1C(=O)N2[C@@H](CC[C@@H]1CN(C)Cc1ccccc1)CC[C@H]2C(=O)NCCc1ccc(OC)cc1. The minimum Gasteiger partial charge on any atom is -0.497 e. The molecule has 0 spiro atoms. The van der Waals surface area contributed by atoms with Crippen LogP contribution >= 0.6 is 0 Å². The van der Waals surface area contributed by atoms with Gasteiger partial charge in [0.15, 0.2) is 0 Å². The van der Waals surface area contributed by atoms with Crippen LogP contribution < -0.4 is 21.1 Å². The van der Waals surface area contributed by atoms with Gasteiger partial charge in [-0.15, -0.1) is 0 Å². The maximum absolute atomic E-state index is 14.2. The third kappa shape index (κ3) is 7.86. The van der Waals surface area contributed by atoms with Crippen molar-refractivity contribution in [1.82, 2.24) is 20.4 Å². The minimum absolute atomic E-state index is 0.0106. The zero-order chi connectivity index (χ0) is 29.4. The lowest BCUT2D eigenvalue weighted by Gasteiger charge is -2.33. The van der Waals surface area contributed by atoms with Crippen molar-refractivity contribution in [1.29, 1.82) is 0 Å². The van der Waals surface area contributed by atoms with Crippen molar-refractivity contribution in [3.05, 3.63) is 65.7 Å². The van der Waals surface area contributed by atoms with Crippen molar-refractivity contribution >= 4 is 17.7 Å². The number of nitrogens with one attached hydrogen (secondary N) is 2. The Morgan fingerprint density at radius 1 is 1.05 bits per heavy atom. The van der Waals surface area contributed by atoms with E-state index in [4.69, 9.17) is 10.5 Å². The third-order valence-corrected chi connectivity index (χ3v) is 8.46. The van der Waals surface area contributed by atoms with Gasteiger partial charge >= 0.3 is 0 Å². The number of methoxy groups -OCH3 is 1. The molecule has 0 bridgehead atoms. The van der Waals surface area contributed by atoms with Gasteiger partial charge in [-0.2, -0.15) is 0 Å². The van der Waals surface area contributed by atoms with E-state index < -0.39 is 18.1 Å². The van der Waals surface area contributed by atoms with Crippen molar-refractivity contribution < 1.29 is 19.1 Å². The molecule has 2 saturated heterocycles. The summed E-state index contributed by atoms with van der Waals surface area (Å²) >= 11 is 0. The Hall–Kier alpha value is -3.43. The second kappa shape index (κ2) is 14.5. The Morgan fingerprint density at radius 2 is 1.76 bits per heavy atom. The minimum atomic E-state index is -0.726. The van der Waals surface area contributed by atoms with E-state index in [-0.39, 0.29) is 29.7 Å². The number of fused-ring (bicyclic) bond motifs is 1. The topological polar surface area (TPSA) is 117 Å². The highest BCUT2D eigenvalue weighted by Gasteiger charge is 2.47. The normalized spacial score (nSPS) is 23.0. The number of carbonyl (C=O) groups excluding carboxylic acids is 3. The molecule has 3 amide bonds. The van der Waals surface area contributed by atoms with E-state index in [9.17, 15) is 14.4 Å². The molecule has 2 aliphatic rings. The summed E-state index contributed by atoms with van der Waals surface area (Å²) < 4.78 is 5.21. The van der Waals surface area contributed by atoms with Crippen molar-refractivity contribution in [2.45, 2.75) is 76.2 Å². The summed E-state index contributed by atoms with van der Waals surface area (Å²) in [6, 6.07) is 16.0. The fraction of sp³-hybridized carbons (Fsp3) is 0.531. The molecule has 2 aromatic carbocycles. The lowest BCUT2D eigenvalue weighted by molar-refractivity contribution is -0.143. The van der Waals surface area contributed by atoms with Crippen LogP contribution in [0.15, 0.2) is 54.6 Å². The van der Waals surface area contributed by atoms with Gasteiger partial charge in [0.2, 0.25) is 17.7 Å². The number of nitrogens with zero attached hydrogens (tertiary/aromatic N) is 2. The Balaban J connectivity index is 1.45. The van der Waals surface area contributed by atoms with Gasteiger partial charge in [0.25, 0.3) is 0 Å². The first-order valence-electron chi connectivity index (χ1n) is 14.8. The second-order valence-corrected chi connectivity index (χ2v) is 11.4. The quantitative estimate of drug-likeness (QED) is 0.365. The first-order valence-corrected chi connectivity index (χ1v) is 14.8. The molecule has 2 heterocycles. The number of rotatable bonds is 12. The van der Waals surface area contributed by atoms with E-state index in [1.807, 2.05) is 56.4 Å². The number of hydrogen-bond acceptors (Lipinski definition) is 6. The van der Waals surface area contributed by atoms with Crippen LogP contribution in [-0.4, -0.2) is 78.9 Å². The smallest absolute Gasteiger partial charge is 0.246 e. The maximum atomic E-state index is 14.2. The van der Waals surface area contributed by atoms with Gasteiger partial charge in [-0.3, -0.25) is 14.4 Å². The monoisotopic (exact) mass is 563 g/mol. The number of amides is 3. The van der Waals surface area contributed by atoms with Crippen molar-refractivity contribution in [2.75, 3.05) is 27.2 Å². The lowest BCUT2D eigenvalue weighted by atomic mass is 9.92. The van der Waals surface area contributed by atoms with E-state index in [0.717, 1.165) is 37.1 Å². The first-order chi connectivity index (χ1) is 19.8. The van der Waals surface area contributed by atoms with Gasteiger partial charge in [-0.25, -0.2) is 0 Å². The van der Waals surface area contributed by atoms with Gasteiger partial charge in [0.05, 0.1) is 13.2 Å². The van der Waals surface area contributed by atoms with Crippen LogP contribution in [0.2, 0.25) is 0 Å². The summed E-state index contributed by atoms with van der Waals surface area (Å²) in [5.74, 6) is 0.0771. The lowest BCUT2D eigenvalue weighted by Crippen LogP contribution is -2.58. The fourth-order valence-corrected chi connectivity index (χ4v) is 6.11. The first kappa shape index (κ1) is 30.5. The summed E-state index contributed by atoms with van der Waals surface area (Å²) in [6.45, 7) is 3.72. The zero-order valence-electron chi connectivity index (χ0n) is 24.6. The van der Waals surface area contributed by atoms with Crippen molar-refractivity contribution in [2.24, 2.45) is 11.7 Å². The largest absolute Gasteiger partial charge is 0.497 e. The highest BCUT2D eigenvalue weighted by Crippen LogP contribution is 2.34. The number of carbonyl (C=O) groups is 3. The number of nitrogens with two attached hydrogens (primary N) is 1. The Bertz CT molecular complexity index is 1160. The van der Waals surface area contributed by atoms with Crippen molar-refractivity contribution in [3.63, 3.8) is 0 Å². The van der Waals surface area contributed by atoms with Gasteiger partial charge in [-0.05, 0) is 68.8 Å². The van der Waals surface area contributed by atoms with Gasteiger partial charge in [0.1, 0.15) is 17.8 Å². The molecule has 41 heavy (non-hydrogen) atoms. The van der Waals surface area contributed by atoms with Gasteiger partial charge in [-0.1, -0.05) is 49.4 Å². The average Bonchev–Trinajstić information content (AvgIpc) is 3.37. The molecule has 2 aromatic rings. The summed E-state index contributed by atoms with van der Waals surface area (Å²) in [5, 5.41) is 6.05. The fourth-order valence-electron chi connectivity index (χ4n) is 6.11. The average molecular weight is 564 g/mol. The van der Waals surface area contributed by atoms with Crippen molar-refractivity contribution in [3.8, 4) is 5.75 Å². The van der Waals surface area contributed by atoms with Crippen LogP contribution in [0, 0.1) is 5.92 Å². The van der Waals surface area contributed by atoms with Crippen LogP contribution in [0.1, 0.15) is 50.2 Å². The summed E-state index contributed by atoms with van der Waals surface area (Å²) in [4.78, 5) is 44.4. The summed E-state index contributed by atoms with van der Waals surface area (Å²) in [6.07, 6.45) is 4.16. The van der Waals surface area contributed by atoms with E-state index in [1.54, 1.807) is 12.0 Å². The van der Waals surface area contributed by atoms with Gasteiger partial charge in [0, 0.05) is 31.6 Å². The molecule has 9 heteroatoms. The molecular formula is C32H45N5O4. The predicted molar refractivity (Wildman–Crippen MR) is 159 cm³/mol. The Kier molecular flexibility index (Phi) is 10.8. The molecule has 0 aromatic heterocycles. The van der Waals surface area contributed by atoms with E-state index in [1.165, 1.54) is 5.56 Å². The Morgan fingerprint density at radius 3 is 2.44 bits per heavy atom. The molecular weight excluding hydrogens is 518 g/mol. The van der Waals surface area contributed by atoms with E-state index >= 15 is 0 Å². The highest BCUT2D eigenvalue weighted by molar-refractivity contribution is 5.94. The van der Waals surface area contributed by atoms with Crippen LogP contribution in [0.3, 0.4) is 0 Å². The molecule has 0 saturated carbocycles. The van der Waals surface area contributed by atoms with Crippen LogP contribution in [0.5, 0.6) is 5.75 Å². The number of ether oxygens (including phenoxy) is 1. The molecule has 0 radical (unpaired) electrons. The molecule has 0 unspecified atom stereocenters. The predicted octanol–water partition coefficient (Wildman–Crippen LogP) is 2.48. The number of hydrogen-bond donors (Lipinski definition) is 3. The molecule has 0 aliphatic carbocycles. The summed E-state index contributed by atoms with van der Waals surface area (Å²) in [5.41, 5.74) is 8.34. The Labute approximate surface area is 243 Å². The molecule has 9 nitrogen and oxygen atoms in total. The van der Waals surface area contributed by atoms with E-state index in [2.05, 4.69) is 27.7 Å². The van der Waals surface area contributed by atoms with E-state index in [0.29, 0.717) is 32.4 Å². The molecule has 2 aliphatic heterocycles. The molecule has 222 valence electrons. The third-order valence-electron chi connectivity index (χ3n) is 8.46. The molecule has 2 fully saturated rings. The number of benzene rings is 2. The maximum Gasteiger partial charge on any atom is 0.246 e. The standard InChI is InChI=1S/C32H45N5O4/c1-4-27(33)30(38)35-29-24(21-36(2)20-23-8-6-5-7-9-23)12-13-25-14-17-28(37(25)32(29)40)31(39)34-19-18-22-10-15-26(41-3)16-11-22/h5-11,15-16,24-25,27-29H,4,12-14,17-21,33H2,1-3H3,(H,34,39)(H,35,38)/t24-,25+,27+,28+,29+/m1/s1.